The second-order valence-corrected chi connectivity index (χ2v) is 3.50. The second kappa shape index (κ2) is 3.56. The molecule has 0 bridgehead atoms. The molecule has 0 aromatic rings. The Hall–Kier alpha value is -0.790. The molecular weight excluding hydrogens is 138 g/mol. The number of nitrogens with one attached hydrogen (secondary N) is 1. The molecule has 2 heteroatoms. The van der Waals surface area contributed by atoms with Crippen LogP contribution in [-0.2, 0) is 4.79 Å². The maximum atomic E-state index is 10.9. The monoisotopic (exact) mass is 153 g/mol. The van der Waals surface area contributed by atoms with Gasteiger partial charge < -0.3 is 5.32 Å². The molecule has 0 fully saturated rings. The van der Waals surface area contributed by atoms with Crippen molar-refractivity contribution in [3.63, 3.8) is 0 Å². The largest absolute Gasteiger partial charge is 0.388 e. The van der Waals surface area contributed by atoms with Gasteiger partial charge in [0.25, 0.3) is 0 Å². The first-order valence-corrected chi connectivity index (χ1v) is 4.14. The van der Waals surface area contributed by atoms with Crippen LogP contribution in [0, 0.1) is 5.92 Å². The van der Waals surface area contributed by atoms with E-state index in [4.69, 9.17) is 0 Å². The summed E-state index contributed by atoms with van der Waals surface area (Å²) in [7, 11) is 0. The topological polar surface area (TPSA) is 29.1 Å². The van der Waals surface area contributed by atoms with Gasteiger partial charge in [0.2, 0.25) is 0 Å². The van der Waals surface area contributed by atoms with E-state index in [9.17, 15) is 4.79 Å². The lowest BCUT2D eigenvalue weighted by atomic mass is 9.98. The minimum absolute atomic E-state index is 0.245. The molecule has 0 aromatic carbocycles. The molecule has 1 aliphatic rings. The van der Waals surface area contributed by atoms with Gasteiger partial charge in [-0.1, -0.05) is 13.8 Å². The van der Waals surface area contributed by atoms with Crippen molar-refractivity contribution in [1.29, 1.82) is 0 Å². The van der Waals surface area contributed by atoms with Gasteiger partial charge >= 0.3 is 0 Å². The highest BCUT2D eigenvalue weighted by atomic mass is 16.1. The number of allylic oxidation sites excluding steroid dienone is 1. The number of carbonyl (C=O) groups is 1. The van der Waals surface area contributed by atoms with E-state index in [0.717, 1.165) is 6.42 Å². The molecule has 0 amide bonds. The Balaban J connectivity index is 2.37. The summed E-state index contributed by atoms with van der Waals surface area (Å²) in [5.74, 6) is 0.904. The van der Waals surface area contributed by atoms with Gasteiger partial charge in [0, 0.05) is 18.7 Å². The van der Waals surface area contributed by atoms with Crippen LogP contribution in [0.2, 0.25) is 0 Å². The number of ketones is 1. The SMILES string of the molecule is CC(C)C[C@@H]1CC(=O)C=CN1. The zero-order valence-electron chi connectivity index (χ0n) is 7.13. The lowest BCUT2D eigenvalue weighted by Gasteiger charge is -2.20. The van der Waals surface area contributed by atoms with Crippen molar-refractivity contribution in [3.05, 3.63) is 12.3 Å². The molecule has 0 saturated carbocycles. The van der Waals surface area contributed by atoms with Crippen LogP contribution in [0.4, 0.5) is 0 Å². The van der Waals surface area contributed by atoms with E-state index < -0.39 is 0 Å². The van der Waals surface area contributed by atoms with Crippen molar-refractivity contribution in [1.82, 2.24) is 5.32 Å². The zero-order chi connectivity index (χ0) is 8.27. The van der Waals surface area contributed by atoms with Crippen molar-refractivity contribution in [2.45, 2.75) is 32.7 Å². The van der Waals surface area contributed by atoms with Crippen LogP contribution in [0.15, 0.2) is 12.3 Å². The fourth-order valence-electron chi connectivity index (χ4n) is 1.37. The molecule has 62 valence electrons. The molecular formula is C9H15NO. The average molecular weight is 153 g/mol. The second-order valence-electron chi connectivity index (χ2n) is 3.50. The third-order valence-electron chi connectivity index (χ3n) is 1.80. The zero-order valence-corrected chi connectivity index (χ0v) is 7.13. The molecule has 1 rings (SSSR count). The molecule has 2 nitrogen and oxygen atoms in total. The van der Waals surface area contributed by atoms with Gasteiger partial charge in [-0.05, 0) is 18.4 Å². The highest BCUT2D eigenvalue weighted by molar-refractivity contribution is 5.90. The summed E-state index contributed by atoms with van der Waals surface area (Å²) in [6, 6.07) is 0.368. The Labute approximate surface area is 67.7 Å². The Bertz CT molecular complexity index is 172. The van der Waals surface area contributed by atoms with E-state index in [1.54, 1.807) is 12.3 Å². The van der Waals surface area contributed by atoms with E-state index in [0.29, 0.717) is 18.4 Å². The van der Waals surface area contributed by atoms with Crippen LogP contribution in [-0.4, -0.2) is 11.8 Å². The molecule has 1 atom stereocenters. The van der Waals surface area contributed by atoms with Crippen LogP contribution in [0.5, 0.6) is 0 Å². The van der Waals surface area contributed by atoms with E-state index in [1.165, 1.54) is 0 Å². The highest BCUT2D eigenvalue weighted by Crippen LogP contribution is 2.10. The molecule has 1 aliphatic heterocycles. The fourth-order valence-corrected chi connectivity index (χ4v) is 1.37. The Morgan fingerprint density at radius 1 is 1.73 bits per heavy atom. The minimum Gasteiger partial charge on any atom is -0.388 e. The third kappa shape index (κ3) is 2.74. The summed E-state index contributed by atoms with van der Waals surface area (Å²) >= 11 is 0. The van der Waals surface area contributed by atoms with Gasteiger partial charge in [0.05, 0.1) is 0 Å². The van der Waals surface area contributed by atoms with Crippen LogP contribution >= 0.6 is 0 Å². The predicted octanol–water partition coefficient (Wildman–Crippen LogP) is 1.48. The van der Waals surface area contributed by atoms with E-state index in [2.05, 4.69) is 19.2 Å². The van der Waals surface area contributed by atoms with Crippen molar-refractivity contribution < 1.29 is 4.79 Å². The van der Waals surface area contributed by atoms with Crippen LogP contribution in [0.25, 0.3) is 0 Å². The lowest BCUT2D eigenvalue weighted by molar-refractivity contribution is -0.115. The van der Waals surface area contributed by atoms with Crippen molar-refractivity contribution in [2.24, 2.45) is 5.92 Å². The van der Waals surface area contributed by atoms with Gasteiger partial charge in [0.1, 0.15) is 0 Å². The van der Waals surface area contributed by atoms with Gasteiger partial charge in [-0.3, -0.25) is 4.79 Å². The molecule has 0 spiro atoms. The smallest absolute Gasteiger partial charge is 0.159 e. The Kier molecular flexibility index (Phi) is 2.69. The summed E-state index contributed by atoms with van der Waals surface area (Å²) in [4.78, 5) is 10.9. The molecule has 1 heterocycles. The minimum atomic E-state index is 0.245. The highest BCUT2D eigenvalue weighted by Gasteiger charge is 2.15. The summed E-state index contributed by atoms with van der Waals surface area (Å²) in [5.41, 5.74) is 0. The number of hydrogen-bond donors (Lipinski definition) is 1. The van der Waals surface area contributed by atoms with Crippen molar-refractivity contribution in [2.75, 3.05) is 0 Å². The first-order chi connectivity index (χ1) is 5.18. The lowest BCUT2D eigenvalue weighted by Crippen LogP contribution is -2.31. The van der Waals surface area contributed by atoms with Gasteiger partial charge in [-0.15, -0.1) is 0 Å². The average Bonchev–Trinajstić information content (AvgIpc) is 1.85. The van der Waals surface area contributed by atoms with E-state index in [1.807, 2.05) is 0 Å². The van der Waals surface area contributed by atoms with Crippen molar-refractivity contribution in [3.8, 4) is 0 Å². The standard InChI is InChI=1S/C9H15NO/c1-7(2)5-8-6-9(11)3-4-10-8/h3-4,7-8,10H,5-6H2,1-2H3/t8-/m1/s1. The van der Waals surface area contributed by atoms with Crippen LogP contribution in [0.1, 0.15) is 26.7 Å². The quantitative estimate of drug-likeness (QED) is 0.651. The maximum Gasteiger partial charge on any atom is 0.159 e. The summed E-state index contributed by atoms with van der Waals surface area (Å²) in [6.45, 7) is 4.34. The molecule has 1 N–H and O–H groups in total. The predicted molar refractivity (Wildman–Crippen MR) is 45.1 cm³/mol. The summed E-state index contributed by atoms with van der Waals surface area (Å²) < 4.78 is 0. The van der Waals surface area contributed by atoms with E-state index >= 15 is 0 Å². The molecule has 0 unspecified atom stereocenters. The van der Waals surface area contributed by atoms with Crippen LogP contribution < -0.4 is 5.32 Å². The van der Waals surface area contributed by atoms with Crippen molar-refractivity contribution >= 4 is 5.78 Å². The molecule has 0 saturated heterocycles. The maximum absolute atomic E-state index is 10.9. The van der Waals surface area contributed by atoms with Gasteiger partial charge in [0.15, 0.2) is 5.78 Å². The Morgan fingerprint density at radius 2 is 2.45 bits per heavy atom. The molecule has 0 aromatic heterocycles. The van der Waals surface area contributed by atoms with E-state index in [-0.39, 0.29) is 5.78 Å². The Morgan fingerprint density at radius 3 is 3.00 bits per heavy atom. The first-order valence-electron chi connectivity index (χ1n) is 4.14. The number of hydrogen-bond acceptors (Lipinski definition) is 2. The molecule has 0 aliphatic carbocycles. The fraction of sp³-hybridized carbons (Fsp3) is 0.667. The third-order valence-corrected chi connectivity index (χ3v) is 1.80. The summed E-state index contributed by atoms with van der Waals surface area (Å²) in [5, 5.41) is 3.18. The van der Waals surface area contributed by atoms with Crippen LogP contribution in [0.3, 0.4) is 0 Å². The molecule has 11 heavy (non-hydrogen) atoms. The normalized spacial score (nSPS) is 23.9. The van der Waals surface area contributed by atoms with Gasteiger partial charge in [-0.25, -0.2) is 0 Å². The molecule has 0 radical (unpaired) electrons. The number of carbonyl (C=O) groups excluding carboxylic acids is 1. The summed E-state index contributed by atoms with van der Waals surface area (Å²) in [6.07, 6.45) is 5.11. The first kappa shape index (κ1) is 8.31. The number of rotatable bonds is 2. The van der Waals surface area contributed by atoms with Gasteiger partial charge in [-0.2, -0.15) is 0 Å².